The van der Waals surface area contributed by atoms with Crippen molar-refractivity contribution in [2.24, 2.45) is 10.8 Å². The van der Waals surface area contributed by atoms with E-state index in [9.17, 15) is 0 Å². The number of rotatable bonds is 1. The van der Waals surface area contributed by atoms with Crippen LogP contribution < -0.4 is 0 Å². The zero-order valence-electron chi connectivity index (χ0n) is 11.3. The maximum absolute atomic E-state index is 2.37. The SMILES string of the molecule is CC1=C(/C=C/C(C)(C)C)C(C)(C)CCC1. The molecule has 0 aromatic heterocycles. The van der Waals surface area contributed by atoms with Gasteiger partial charge in [-0.25, -0.2) is 0 Å². The summed E-state index contributed by atoms with van der Waals surface area (Å²) in [5, 5.41) is 0. The van der Waals surface area contributed by atoms with Crippen molar-refractivity contribution in [3.63, 3.8) is 0 Å². The van der Waals surface area contributed by atoms with Crippen LogP contribution in [0.4, 0.5) is 0 Å². The van der Waals surface area contributed by atoms with E-state index in [4.69, 9.17) is 0 Å². The molecule has 0 N–H and O–H groups in total. The molecule has 0 saturated carbocycles. The first-order valence-corrected chi connectivity index (χ1v) is 6.12. The van der Waals surface area contributed by atoms with Gasteiger partial charge in [0.25, 0.3) is 0 Å². The van der Waals surface area contributed by atoms with Crippen LogP contribution in [0, 0.1) is 10.8 Å². The Labute approximate surface area is 95.5 Å². The Kier molecular flexibility index (Phi) is 3.48. The van der Waals surface area contributed by atoms with Crippen LogP contribution in [-0.4, -0.2) is 0 Å². The summed E-state index contributed by atoms with van der Waals surface area (Å²) in [4.78, 5) is 0. The molecule has 0 aromatic carbocycles. The summed E-state index contributed by atoms with van der Waals surface area (Å²) >= 11 is 0. The van der Waals surface area contributed by atoms with Gasteiger partial charge >= 0.3 is 0 Å². The lowest BCUT2D eigenvalue weighted by molar-refractivity contribution is 0.376. The molecule has 0 unspecified atom stereocenters. The van der Waals surface area contributed by atoms with Crippen LogP contribution in [0.1, 0.15) is 60.8 Å². The van der Waals surface area contributed by atoms with Gasteiger partial charge in [0.1, 0.15) is 0 Å². The molecule has 15 heavy (non-hydrogen) atoms. The van der Waals surface area contributed by atoms with Gasteiger partial charge in [0.2, 0.25) is 0 Å². The molecule has 86 valence electrons. The third-order valence-corrected chi connectivity index (χ3v) is 3.29. The van der Waals surface area contributed by atoms with Crippen molar-refractivity contribution in [2.45, 2.75) is 60.8 Å². The second kappa shape index (κ2) is 4.15. The minimum absolute atomic E-state index is 0.292. The van der Waals surface area contributed by atoms with Crippen LogP contribution in [0.15, 0.2) is 23.3 Å². The summed E-state index contributed by atoms with van der Waals surface area (Å²) in [5.74, 6) is 0. The normalized spacial score (nSPS) is 22.5. The highest BCUT2D eigenvalue weighted by atomic mass is 14.3. The first kappa shape index (κ1) is 12.5. The summed E-state index contributed by atoms with van der Waals surface area (Å²) in [5.41, 5.74) is 3.83. The quantitative estimate of drug-likeness (QED) is 0.559. The molecule has 1 aliphatic rings. The molecule has 0 amide bonds. The molecule has 0 spiro atoms. The van der Waals surface area contributed by atoms with Crippen molar-refractivity contribution >= 4 is 0 Å². The second-order valence-corrected chi connectivity index (χ2v) is 6.63. The van der Waals surface area contributed by atoms with Gasteiger partial charge in [-0.15, -0.1) is 0 Å². The van der Waals surface area contributed by atoms with E-state index in [1.54, 1.807) is 11.1 Å². The van der Waals surface area contributed by atoms with Crippen molar-refractivity contribution in [1.82, 2.24) is 0 Å². The second-order valence-electron chi connectivity index (χ2n) is 6.63. The molecule has 0 fully saturated rings. The maximum Gasteiger partial charge on any atom is -0.0104 e. The number of hydrogen-bond acceptors (Lipinski definition) is 0. The summed E-state index contributed by atoms with van der Waals surface area (Å²) in [7, 11) is 0. The number of allylic oxidation sites excluding steroid dienone is 4. The Balaban J connectivity index is 2.95. The van der Waals surface area contributed by atoms with Crippen LogP contribution in [0.3, 0.4) is 0 Å². The van der Waals surface area contributed by atoms with E-state index in [0.29, 0.717) is 10.8 Å². The monoisotopic (exact) mass is 206 g/mol. The highest BCUT2D eigenvalue weighted by molar-refractivity contribution is 5.33. The molecule has 1 rings (SSSR count). The Morgan fingerprint density at radius 3 is 2.27 bits per heavy atom. The van der Waals surface area contributed by atoms with Gasteiger partial charge in [-0.05, 0) is 42.6 Å². The molecule has 0 bridgehead atoms. The predicted octanol–water partition coefficient (Wildman–Crippen LogP) is 5.12. The van der Waals surface area contributed by atoms with Crippen molar-refractivity contribution in [1.29, 1.82) is 0 Å². The van der Waals surface area contributed by atoms with Gasteiger partial charge in [0.05, 0.1) is 0 Å². The van der Waals surface area contributed by atoms with E-state index in [1.807, 2.05) is 0 Å². The lowest BCUT2D eigenvalue weighted by Gasteiger charge is -2.33. The Morgan fingerprint density at radius 2 is 1.80 bits per heavy atom. The van der Waals surface area contributed by atoms with Crippen LogP contribution in [0.25, 0.3) is 0 Å². The average Bonchev–Trinajstić information content (AvgIpc) is 1.99. The molecular formula is C15H26. The Bertz CT molecular complexity index is 282. The zero-order chi connectivity index (χ0) is 11.7. The van der Waals surface area contributed by atoms with Gasteiger partial charge in [-0.3, -0.25) is 0 Å². The molecule has 0 atom stereocenters. The van der Waals surface area contributed by atoms with Crippen LogP contribution >= 0.6 is 0 Å². The van der Waals surface area contributed by atoms with Crippen molar-refractivity contribution in [3.8, 4) is 0 Å². The lowest BCUT2D eigenvalue weighted by Crippen LogP contribution is -2.19. The molecular weight excluding hydrogens is 180 g/mol. The summed E-state index contributed by atoms with van der Waals surface area (Å²) in [6, 6.07) is 0. The standard InChI is InChI=1S/C15H26/c1-12-8-7-10-15(5,6)13(12)9-11-14(2,3)4/h9,11H,7-8,10H2,1-6H3/b11-9+. The summed E-state index contributed by atoms with van der Waals surface area (Å²) < 4.78 is 0. The molecule has 0 aromatic rings. The minimum Gasteiger partial charge on any atom is -0.0788 e. The van der Waals surface area contributed by atoms with Gasteiger partial charge in [0.15, 0.2) is 0 Å². The fourth-order valence-corrected chi connectivity index (χ4v) is 2.34. The topological polar surface area (TPSA) is 0 Å². The van der Waals surface area contributed by atoms with E-state index >= 15 is 0 Å². The highest BCUT2D eigenvalue weighted by Gasteiger charge is 2.26. The molecule has 0 nitrogen and oxygen atoms in total. The van der Waals surface area contributed by atoms with Gasteiger partial charge < -0.3 is 0 Å². The Morgan fingerprint density at radius 1 is 1.20 bits per heavy atom. The fraction of sp³-hybridized carbons (Fsp3) is 0.733. The van der Waals surface area contributed by atoms with Gasteiger partial charge in [-0.1, -0.05) is 52.3 Å². The summed E-state index contributed by atoms with van der Waals surface area (Å²) in [6.45, 7) is 13.8. The van der Waals surface area contributed by atoms with Crippen LogP contribution in [0.2, 0.25) is 0 Å². The van der Waals surface area contributed by atoms with E-state index in [-0.39, 0.29) is 0 Å². The van der Waals surface area contributed by atoms with Crippen molar-refractivity contribution in [2.75, 3.05) is 0 Å². The predicted molar refractivity (Wildman–Crippen MR) is 68.9 cm³/mol. The fourth-order valence-electron chi connectivity index (χ4n) is 2.34. The van der Waals surface area contributed by atoms with E-state index in [2.05, 4.69) is 53.7 Å². The lowest BCUT2D eigenvalue weighted by atomic mass is 9.72. The van der Waals surface area contributed by atoms with Gasteiger partial charge in [-0.2, -0.15) is 0 Å². The molecule has 0 heterocycles. The number of hydrogen-bond donors (Lipinski definition) is 0. The van der Waals surface area contributed by atoms with E-state index in [0.717, 1.165) is 0 Å². The minimum atomic E-state index is 0.292. The first-order chi connectivity index (χ1) is 6.72. The summed E-state index contributed by atoms with van der Waals surface area (Å²) in [6.07, 6.45) is 8.68. The molecule has 1 aliphatic carbocycles. The van der Waals surface area contributed by atoms with Crippen LogP contribution in [-0.2, 0) is 0 Å². The smallest absolute Gasteiger partial charge is 0.0104 e. The van der Waals surface area contributed by atoms with Crippen molar-refractivity contribution < 1.29 is 0 Å². The van der Waals surface area contributed by atoms with E-state index in [1.165, 1.54) is 19.3 Å². The Hall–Kier alpha value is -0.520. The zero-order valence-corrected chi connectivity index (χ0v) is 11.3. The molecule has 0 heteroatoms. The maximum atomic E-state index is 2.37. The molecule has 0 aliphatic heterocycles. The third kappa shape index (κ3) is 3.52. The van der Waals surface area contributed by atoms with Crippen LogP contribution in [0.5, 0.6) is 0 Å². The van der Waals surface area contributed by atoms with Crippen molar-refractivity contribution in [3.05, 3.63) is 23.3 Å². The van der Waals surface area contributed by atoms with Gasteiger partial charge in [0, 0.05) is 0 Å². The third-order valence-electron chi connectivity index (χ3n) is 3.29. The first-order valence-electron chi connectivity index (χ1n) is 6.12. The largest absolute Gasteiger partial charge is 0.0788 e. The average molecular weight is 206 g/mol. The molecule has 0 radical (unpaired) electrons. The van der Waals surface area contributed by atoms with E-state index < -0.39 is 0 Å². The molecule has 0 saturated heterocycles. The highest BCUT2D eigenvalue weighted by Crippen LogP contribution is 2.41.